The normalized spacial score (nSPS) is 19.3. The Balaban J connectivity index is 1.86. The Kier molecular flexibility index (Phi) is 4.71. The zero-order chi connectivity index (χ0) is 18.0. The molecular weight excluding hydrogens is 340 g/mol. The van der Waals surface area contributed by atoms with Crippen molar-refractivity contribution < 1.29 is 14.3 Å². The second kappa shape index (κ2) is 6.79. The molecule has 0 bridgehead atoms. The molecular formula is C17H20N4O3S. The SMILES string of the molecule is CCCc1nnc(NC(=O)C2(C)Oc3ccccc3N(CC)C2=O)s1. The van der Waals surface area contributed by atoms with E-state index in [-0.39, 0.29) is 0 Å². The number of nitrogens with zero attached hydrogens (tertiary/aromatic N) is 3. The van der Waals surface area contributed by atoms with Crippen molar-refractivity contribution in [3.8, 4) is 5.75 Å². The summed E-state index contributed by atoms with van der Waals surface area (Å²) >= 11 is 1.31. The first-order valence-electron chi connectivity index (χ1n) is 8.23. The number of benzene rings is 1. The van der Waals surface area contributed by atoms with Gasteiger partial charge in [0.2, 0.25) is 5.13 Å². The number of carbonyl (C=O) groups is 2. The van der Waals surface area contributed by atoms with Gasteiger partial charge in [0, 0.05) is 13.0 Å². The van der Waals surface area contributed by atoms with Gasteiger partial charge in [-0.25, -0.2) is 0 Å². The van der Waals surface area contributed by atoms with Crippen molar-refractivity contribution in [1.82, 2.24) is 10.2 Å². The number of anilines is 2. The number of ether oxygens (including phenoxy) is 1. The maximum Gasteiger partial charge on any atom is 0.280 e. The van der Waals surface area contributed by atoms with Crippen LogP contribution in [0.4, 0.5) is 10.8 Å². The van der Waals surface area contributed by atoms with E-state index in [1.165, 1.54) is 18.3 Å². The summed E-state index contributed by atoms with van der Waals surface area (Å²) in [5.74, 6) is -0.445. The molecule has 1 aromatic heterocycles. The van der Waals surface area contributed by atoms with E-state index < -0.39 is 17.4 Å². The molecule has 2 heterocycles. The van der Waals surface area contributed by atoms with Gasteiger partial charge in [0.25, 0.3) is 17.4 Å². The lowest BCUT2D eigenvalue weighted by Gasteiger charge is -2.38. The highest BCUT2D eigenvalue weighted by molar-refractivity contribution is 7.15. The molecule has 0 fully saturated rings. The topological polar surface area (TPSA) is 84.4 Å². The van der Waals surface area contributed by atoms with E-state index >= 15 is 0 Å². The molecule has 0 saturated carbocycles. The average molecular weight is 360 g/mol. The number of carbonyl (C=O) groups excluding carboxylic acids is 2. The average Bonchev–Trinajstić information content (AvgIpc) is 3.03. The predicted molar refractivity (Wildman–Crippen MR) is 96.0 cm³/mol. The minimum Gasteiger partial charge on any atom is -0.465 e. The largest absolute Gasteiger partial charge is 0.465 e. The van der Waals surface area contributed by atoms with Gasteiger partial charge in [-0.15, -0.1) is 10.2 Å². The van der Waals surface area contributed by atoms with Crippen LogP contribution in [0.2, 0.25) is 0 Å². The maximum absolute atomic E-state index is 12.9. The van der Waals surface area contributed by atoms with Gasteiger partial charge in [0.1, 0.15) is 10.8 Å². The molecule has 3 rings (SSSR count). The molecule has 25 heavy (non-hydrogen) atoms. The summed E-state index contributed by atoms with van der Waals surface area (Å²) in [5.41, 5.74) is -0.984. The number of aromatic nitrogens is 2. The Morgan fingerprint density at radius 3 is 2.80 bits per heavy atom. The van der Waals surface area contributed by atoms with Gasteiger partial charge < -0.3 is 9.64 Å². The number of hydrogen-bond acceptors (Lipinski definition) is 6. The van der Waals surface area contributed by atoms with Gasteiger partial charge in [-0.2, -0.15) is 0 Å². The van der Waals surface area contributed by atoms with Crippen LogP contribution in [0.25, 0.3) is 0 Å². The molecule has 2 aromatic rings. The van der Waals surface area contributed by atoms with Gasteiger partial charge in [-0.3, -0.25) is 14.9 Å². The van der Waals surface area contributed by atoms with Crippen molar-refractivity contribution in [3.05, 3.63) is 29.3 Å². The van der Waals surface area contributed by atoms with E-state index in [4.69, 9.17) is 4.74 Å². The fourth-order valence-electron chi connectivity index (χ4n) is 2.69. The van der Waals surface area contributed by atoms with Crippen LogP contribution in [-0.4, -0.2) is 34.2 Å². The van der Waals surface area contributed by atoms with E-state index in [2.05, 4.69) is 15.5 Å². The van der Waals surface area contributed by atoms with Crippen molar-refractivity contribution in [3.63, 3.8) is 0 Å². The highest BCUT2D eigenvalue weighted by atomic mass is 32.1. The number of fused-ring (bicyclic) bond motifs is 1. The smallest absolute Gasteiger partial charge is 0.280 e. The number of likely N-dealkylation sites (N-methyl/N-ethyl adjacent to an activating group) is 1. The molecule has 1 N–H and O–H groups in total. The number of amides is 2. The van der Waals surface area contributed by atoms with Crippen LogP contribution in [0.1, 0.15) is 32.2 Å². The zero-order valence-electron chi connectivity index (χ0n) is 14.4. The third-order valence-electron chi connectivity index (χ3n) is 4.02. The molecule has 1 aliphatic heterocycles. The molecule has 0 saturated heterocycles. The third kappa shape index (κ3) is 3.09. The first kappa shape index (κ1) is 17.3. The summed E-state index contributed by atoms with van der Waals surface area (Å²) < 4.78 is 5.81. The van der Waals surface area contributed by atoms with Crippen LogP contribution in [-0.2, 0) is 16.0 Å². The Morgan fingerprint density at radius 2 is 2.08 bits per heavy atom. The molecule has 1 unspecified atom stereocenters. The fourth-order valence-corrected chi connectivity index (χ4v) is 3.53. The van der Waals surface area contributed by atoms with Gasteiger partial charge in [-0.1, -0.05) is 30.4 Å². The molecule has 1 atom stereocenters. The summed E-state index contributed by atoms with van der Waals surface area (Å²) in [6, 6.07) is 7.19. The second-order valence-corrected chi connectivity index (χ2v) is 6.92. The molecule has 1 aliphatic rings. The molecule has 0 spiro atoms. The molecule has 8 heteroatoms. The molecule has 0 aliphatic carbocycles. The van der Waals surface area contributed by atoms with Crippen molar-refractivity contribution in [1.29, 1.82) is 0 Å². The third-order valence-corrected chi connectivity index (χ3v) is 4.92. The van der Waals surface area contributed by atoms with Crippen molar-refractivity contribution in [2.45, 2.75) is 39.2 Å². The van der Waals surface area contributed by atoms with Crippen LogP contribution in [0, 0.1) is 0 Å². The Bertz CT molecular complexity index is 807. The van der Waals surface area contributed by atoms with Crippen LogP contribution >= 0.6 is 11.3 Å². The lowest BCUT2D eigenvalue weighted by Crippen LogP contribution is -2.60. The Hall–Kier alpha value is -2.48. The predicted octanol–water partition coefficient (Wildman–Crippen LogP) is 2.63. The molecule has 0 radical (unpaired) electrons. The summed E-state index contributed by atoms with van der Waals surface area (Å²) in [4.78, 5) is 27.2. The summed E-state index contributed by atoms with van der Waals surface area (Å²) in [5, 5.41) is 11.9. The van der Waals surface area contributed by atoms with Gasteiger partial charge in [-0.05, 0) is 32.4 Å². The van der Waals surface area contributed by atoms with E-state index in [1.54, 1.807) is 17.0 Å². The number of para-hydroxylation sites is 2. The first-order chi connectivity index (χ1) is 12.0. The highest BCUT2D eigenvalue weighted by Crippen LogP contribution is 2.38. The fraction of sp³-hybridized carbons (Fsp3) is 0.412. The standard InChI is InChI=1S/C17H20N4O3S/c1-4-8-13-19-20-16(25-13)18-14(22)17(3)15(23)21(5-2)11-9-6-7-10-12(11)24-17/h6-7,9-10H,4-5,8H2,1-3H3,(H,18,20,22). The summed E-state index contributed by atoms with van der Waals surface area (Å²) in [6.07, 6.45) is 1.75. The lowest BCUT2D eigenvalue weighted by molar-refractivity contribution is -0.145. The van der Waals surface area contributed by atoms with Crippen LogP contribution in [0.3, 0.4) is 0 Å². The van der Waals surface area contributed by atoms with E-state index in [9.17, 15) is 9.59 Å². The minimum absolute atomic E-state index is 0.369. The monoisotopic (exact) mass is 360 g/mol. The minimum atomic E-state index is -1.65. The quantitative estimate of drug-likeness (QED) is 0.829. The number of hydrogen-bond donors (Lipinski definition) is 1. The van der Waals surface area contributed by atoms with Crippen LogP contribution in [0.15, 0.2) is 24.3 Å². The summed E-state index contributed by atoms with van der Waals surface area (Å²) in [7, 11) is 0. The Morgan fingerprint density at radius 1 is 1.32 bits per heavy atom. The lowest BCUT2D eigenvalue weighted by atomic mass is 10.00. The number of aryl methyl sites for hydroxylation is 1. The first-order valence-corrected chi connectivity index (χ1v) is 9.05. The number of nitrogens with one attached hydrogen (secondary N) is 1. The van der Waals surface area contributed by atoms with Gasteiger partial charge >= 0.3 is 0 Å². The van der Waals surface area contributed by atoms with Gasteiger partial charge in [0.05, 0.1) is 5.69 Å². The van der Waals surface area contributed by atoms with E-state index in [1.807, 2.05) is 26.0 Å². The van der Waals surface area contributed by atoms with Crippen molar-refractivity contribution in [2.24, 2.45) is 0 Å². The molecule has 2 amide bonds. The molecule has 132 valence electrons. The van der Waals surface area contributed by atoms with E-state index in [0.717, 1.165) is 17.8 Å². The van der Waals surface area contributed by atoms with Crippen LogP contribution in [0.5, 0.6) is 5.75 Å². The Labute approximate surface area is 150 Å². The van der Waals surface area contributed by atoms with Crippen LogP contribution < -0.4 is 15.0 Å². The van der Waals surface area contributed by atoms with E-state index in [0.29, 0.717) is 23.1 Å². The highest BCUT2D eigenvalue weighted by Gasteiger charge is 2.50. The summed E-state index contributed by atoms with van der Waals surface area (Å²) in [6.45, 7) is 5.84. The van der Waals surface area contributed by atoms with Crippen molar-refractivity contribution in [2.75, 3.05) is 16.8 Å². The van der Waals surface area contributed by atoms with Crippen molar-refractivity contribution >= 4 is 34.0 Å². The second-order valence-electron chi connectivity index (χ2n) is 5.86. The molecule has 7 nitrogen and oxygen atoms in total. The zero-order valence-corrected chi connectivity index (χ0v) is 15.2. The maximum atomic E-state index is 12.9. The molecule has 1 aromatic carbocycles. The van der Waals surface area contributed by atoms with Gasteiger partial charge in [0.15, 0.2) is 0 Å². The number of rotatable bonds is 5.